The summed E-state index contributed by atoms with van der Waals surface area (Å²) in [6.07, 6.45) is -8.93. The summed E-state index contributed by atoms with van der Waals surface area (Å²) in [5.41, 5.74) is 0. The highest BCUT2D eigenvalue weighted by atomic mass is 19.4. The molecule has 1 heterocycles. The second kappa shape index (κ2) is 5.33. The van der Waals surface area contributed by atoms with Gasteiger partial charge in [0.15, 0.2) is 0 Å². The Labute approximate surface area is 99.1 Å². The smallest absolute Gasteiger partial charge is 0.348 e. The molecule has 0 radical (unpaired) electrons. The molecule has 0 aromatic rings. The summed E-state index contributed by atoms with van der Waals surface area (Å²) in [4.78, 5) is 11.6. The van der Waals surface area contributed by atoms with Crippen molar-refractivity contribution < 1.29 is 31.1 Å². The normalized spacial score (nSPS) is 22.2. The zero-order chi connectivity index (χ0) is 14.0. The molecule has 18 heavy (non-hydrogen) atoms. The molecule has 0 bridgehead atoms. The van der Waals surface area contributed by atoms with E-state index in [1.54, 1.807) is 5.32 Å². The van der Waals surface area contributed by atoms with E-state index in [1.165, 1.54) is 0 Å². The number of carbonyl (C=O) groups is 1. The SMILES string of the molecule is O=C(NCC1CCN(CC(F)(F)F)C1)C(F)(F)F. The van der Waals surface area contributed by atoms with Crippen molar-refractivity contribution in [2.45, 2.75) is 18.8 Å². The lowest BCUT2D eigenvalue weighted by Crippen LogP contribution is -2.40. The summed E-state index contributed by atoms with van der Waals surface area (Å²) in [5, 5.41) is 1.68. The molecule has 1 unspecified atom stereocenters. The molecule has 1 rings (SSSR count). The van der Waals surface area contributed by atoms with Gasteiger partial charge in [0.2, 0.25) is 0 Å². The minimum Gasteiger partial charge on any atom is -0.348 e. The molecule has 106 valence electrons. The summed E-state index contributed by atoms with van der Waals surface area (Å²) in [6, 6.07) is 0. The van der Waals surface area contributed by atoms with Crippen molar-refractivity contribution in [3.05, 3.63) is 0 Å². The van der Waals surface area contributed by atoms with Crippen molar-refractivity contribution in [2.75, 3.05) is 26.2 Å². The van der Waals surface area contributed by atoms with Crippen LogP contribution in [0.2, 0.25) is 0 Å². The standard InChI is InChI=1S/C9H12F6N2O/c10-8(11,12)5-17-2-1-6(4-17)3-16-7(18)9(13,14)15/h6H,1-5H2,(H,16,18). The number of halogens is 6. The molecule has 0 saturated carbocycles. The van der Waals surface area contributed by atoms with Crippen molar-refractivity contribution >= 4 is 5.91 Å². The van der Waals surface area contributed by atoms with E-state index >= 15 is 0 Å². The predicted octanol–water partition coefficient (Wildman–Crippen LogP) is 1.55. The van der Waals surface area contributed by atoms with Crippen LogP contribution in [-0.2, 0) is 4.79 Å². The van der Waals surface area contributed by atoms with Gasteiger partial charge in [-0.15, -0.1) is 0 Å². The van der Waals surface area contributed by atoms with Crippen molar-refractivity contribution in [3.63, 3.8) is 0 Å². The molecule has 1 atom stereocenters. The first-order valence-electron chi connectivity index (χ1n) is 5.22. The molecule has 1 aliphatic rings. The summed E-state index contributed by atoms with van der Waals surface area (Å²) in [5.74, 6) is -2.43. The molecule has 1 amide bonds. The second-order valence-corrected chi connectivity index (χ2v) is 4.21. The summed E-state index contributed by atoms with van der Waals surface area (Å²) in [6.45, 7) is -1.12. The highest BCUT2D eigenvalue weighted by molar-refractivity contribution is 5.81. The number of rotatable bonds is 3. The number of hydrogen-bond acceptors (Lipinski definition) is 2. The Morgan fingerprint density at radius 2 is 1.83 bits per heavy atom. The van der Waals surface area contributed by atoms with E-state index in [0.717, 1.165) is 4.90 Å². The fraction of sp³-hybridized carbons (Fsp3) is 0.889. The van der Waals surface area contributed by atoms with Crippen LogP contribution in [0.25, 0.3) is 0 Å². The first-order valence-corrected chi connectivity index (χ1v) is 5.22. The van der Waals surface area contributed by atoms with Crippen LogP contribution in [0.5, 0.6) is 0 Å². The average Bonchev–Trinajstić information content (AvgIpc) is 2.57. The minimum atomic E-state index is -4.95. The topological polar surface area (TPSA) is 32.3 Å². The van der Waals surface area contributed by atoms with Crippen molar-refractivity contribution in [3.8, 4) is 0 Å². The van der Waals surface area contributed by atoms with Gasteiger partial charge in [0.1, 0.15) is 0 Å². The molecular weight excluding hydrogens is 266 g/mol. The number of nitrogens with one attached hydrogen (secondary N) is 1. The Balaban J connectivity index is 2.29. The highest BCUT2D eigenvalue weighted by Crippen LogP contribution is 2.22. The Morgan fingerprint density at radius 1 is 1.22 bits per heavy atom. The van der Waals surface area contributed by atoms with Crippen LogP contribution >= 0.6 is 0 Å². The van der Waals surface area contributed by atoms with Gasteiger partial charge in [0.05, 0.1) is 6.54 Å². The average molecular weight is 278 g/mol. The third kappa shape index (κ3) is 5.11. The molecular formula is C9H12F6N2O. The summed E-state index contributed by atoms with van der Waals surface area (Å²) in [7, 11) is 0. The second-order valence-electron chi connectivity index (χ2n) is 4.21. The van der Waals surface area contributed by atoms with Gasteiger partial charge in [-0.25, -0.2) is 0 Å². The van der Waals surface area contributed by atoms with E-state index in [0.29, 0.717) is 6.42 Å². The van der Waals surface area contributed by atoms with E-state index in [-0.39, 0.29) is 25.6 Å². The molecule has 0 aromatic carbocycles. The predicted molar refractivity (Wildman–Crippen MR) is 49.7 cm³/mol. The number of amides is 1. The Bertz CT molecular complexity index is 300. The molecule has 1 N–H and O–H groups in total. The third-order valence-corrected chi connectivity index (χ3v) is 2.58. The van der Waals surface area contributed by atoms with Gasteiger partial charge in [-0.05, 0) is 18.9 Å². The van der Waals surface area contributed by atoms with Gasteiger partial charge >= 0.3 is 18.3 Å². The van der Waals surface area contributed by atoms with E-state index in [9.17, 15) is 31.1 Å². The third-order valence-electron chi connectivity index (χ3n) is 2.58. The zero-order valence-electron chi connectivity index (χ0n) is 9.24. The summed E-state index contributed by atoms with van der Waals surface area (Å²) < 4.78 is 71.7. The fourth-order valence-corrected chi connectivity index (χ4v) is 1.81. The van der Waals surface area contributed by atoms with E-state index in [2.05, 4.69) is 0 Å². The zero-order valence-corrected chi connectivity index (χ0v) is 9.24. The number of carbonyl (C=O) groups excluding carboxylic acids is 1. The fourth-order valence-electron chi connectivity index (χ4n) is 1.81. The van der Waals surface area contributed by atoms with Crippen LogP contribution in [0.1, 0.15) is 6.42 Å². The van der Waals surface area contributed by atoms with Gasteiger partial charge in [-0.1, -0.05) is 0 Å². The number of hydrogen-bond donors (Lipinski definition) is 1. The van der Waals surface area contributed by atoms with Crippen LogP contribution in [0.15, 0.2) is 0 Å². The Morgan fingerprint density at radius 3 is 2.33 bits per heavy atom. The van der Waals surface area contributed by atoms with Crippen LogP contribution < -0.4 is 5.32 Å². The van der Waals surface area contributed by atoms with Gasteiger partial charge in [-0.2, -0.15) is 26.3 Å². The molecule has 1 saturated heterocycles. The van der Waals surface area contributed by atoms with Crippen LogP contribution in [0, 0.1) is 5.92 Å². The molecule has 0 aromatic heterocycles. The first-order chi connectivity index (χ1) is 8.08. The van der Waals surface area contributed by atoms with Crippen LogP contribution in [-0.4, -0.2) is 49.3 Å². The van der Waals surface area contributed by atoms with Gasteiger partial charge in [0.25, 0.3) is 0 Å². The number of alkyl halides is 6. The van der Waals surface area contributed by atoms with E-state index in [1.807, 2.05) is 0 Å². The largest absolute Gasteiger partial charge is 0.471 e. The number of nitrogens with zero attached hydrogens (tertiary/aromatic N) is 1. The van der Waals surface area contributed by atoms with Crippen LogP contribution in [0.4, 0.5) is 26.3 Å². The lowest BCUT2D eigenvalue weighted by Gasteiger charge is -2.18. The molecule has 3 nitrogen and oxygen atoms in total. The minimum absolute atomic E-state index is 0.0393. The first kappa shape index (κ1) is 15.1. The molecule has 0 spiro atoms. The van der Waals surface area contributed by atoms with Gasteiger partial charge in [0, 0.05) is 13.1 Å². The Kier molecular flexibility index (Phi) is 4.46. The van der Waals surface area contributed by atoms with Crippen molar-refractivity contribution in [2.24, 2.45) is 5.92 Å². The molecule has 1 fully saturated rings. The van der Waals surface area contributed by atoms with E-state index < -0.39 is 24.8 Å². The van der Waals surface area contributed by atoms with Crippen LogP contribution in [0.3, 0.4) is 0 Å². The maximum Gasteiger partial charge on any atom is 0.471 e. The van der Waals surface area contributed by atoms with E-state index in [4.69, 9.17) is 0 Å². The highest BCUT2D eigenvalue weighted by Gasteiger charge is 2.39. The van der Waals surface area contributed by atoms with Crippen molar-refractivity contribution in [1.29, 1.82) is 0 Å². The Hall–Kier alpha value is -0.990. The van der Waals surface area contributed by atoms with Crippen molar-refractivity contribution in [1.82, 2.24) is 10.2 Å². The maximum absolute atomic E-state index is 12.0. The summed E-state index contributed by atoms with van der Waals surface area (Å²) >= 11 is 0. The lowest BCUT2D eigenvalue weighted by atomic mass is 10.1. The molecule has 0 aliphatic carbocycles. The molecule has 9 heteroatoms. The van der Waals surface area contributed by atoms with Gasteiger partial charge < -0.3 is 5.32 Å². The quantitative estimate of drug-likeness (QED) is 0.794. The monoisotopic (exact) mass is 278 g/mol. The lowest BCUT2D eigenvalue weighted by molar-refractivity contribution is -0.173. The molecule has 1 aliphatic heterocycles. The van der Waals surface area contributed by atoms with Gasteiger partial charge in [-0.3, -0.25) is 9.69 Å². The number of likely N-dealkylation sites (tertiary alicyclic amines) is 1. The maximum atomic E-state index is 12.0.